The quantitative estimate of drug-likeness (QED) is 0.482. The lowest BCUT2D eigenvalue weighted by Gasteiger charge is -2.45. The van der Waals surface area contributed by atoms with Crippen LogP contribution in [0.5, 0.6) is 0 Å². The first-order valence-electron chi connectivity index (χ1n) is 11.3. The number of carbonyl (C=O) groups excluding carboxylic acids is 3. The summed E-state index contributed by atoms with van der Waals surface area (Å²) >= 11 is 0. The first-order chi connectivity index (χ1) is 16.7. The van der Waals surface area contributed by atoms with E-state index in [4.69, 9.17) is 5.73 Å². The second-order valence-corrected chi connectivity index (χ2v) is 8.62. The minimum Gasteiger partial charge on any atom is -0.384 e. The standard InChI is InChI=1S/C23H29N9O3/c1-5-16(17-7-10-29(2)27-17)26-23(35)32-20(22(34)31(4)19-8-11-30(3)28-19)15(21(32)33)12-14-6-9-25-18(24)13-14/h6-11,13,15-16,20H,5,12H2,1-4H3,(H2,24,25)(H,26,35)/t15-,16?,20+/m1/s1. The van der Waals surface area contributed by atoms with Gasteiger partial charge in [-0.15, -0.1) is 0 Å². The largest absolute Gasteiger partial charge is 0.384 e. The fourth-order valence-corrected chi connectivity index (χ4v) is 4.25. The molecule has 0 spiro atoms. The van der Waals surface area contributed by atoms with Gasteiger partial charge in [-0.25, -0.2) is 9.78 Å². The lowest BCUT2D eigenvalue weighted by atomic mass is 9.81. The SMILES string of the molecule is CCC(NC(=O)N1C(=O)[C@H](Cc2ccnc(N)c2)[C@H]1C(=O)N(C)c1ccn(C)n1)c1ccn(C)n1. The van der Waals surface area contributed by atoms with Gasteiger partial charge in [0.05, 0.1) is 17.7 Å². The maximum Gasteiger partial charge on any atom is 0.325 e. The molecule has 12 nitrogen and oxygen atoms in total. The van der Waals surface area contributed by atoms with Crippen LogP contribution in [0.15, 0.2) is 42.9 Å². The topological polar surface area (TPSA) is 144 Å². The Morgan fingerprint density at radius 3 is 2.49 bits per heavy atom. The summed E-state index contributed by atoms with van der Waals surface area (Å²) in [7, 11) is 5.11. The number of rotatable bonds is 7. The number of nitrogens with one attached hydrogen (secondary N) is 1. The molecule has 3 aromatic rings. The van der Waals surface area contributed by atoms with E-state index in [0.29, 0.717) is 23.8 Å². The smallest absolute Gasteiger partial charge is 0.325 e. The highest BCUT2D eigenvalue weighted by Gasteiger charge is 2.55. The fraction of sp³-hybridized carbons (Fsp3) is 0.391. The Bertz CT molecular complexity index is 1250. The predicted octanol–water partition coefficient (Wildman–Crippen LogP) is 1.02. The van der Waals surface area contributed by atoms with Crippen molar-refractivity contribution >= 4 is 29.5 Å². The van der Waals surface area contributed by atoms with Crippen molar-refractivity contribution in [3.63, 3.8) is 0 Å². The summed E-state index contributed by atoms with van der Waals surface area (Å²) in [5.41, 5.74) is 7.22. The van der Waals surface area contributed by atoms with E-state index in [0.717, 1.165) is 10.5 Å². The number of hydrogen-bond acceptors (Lipinski definition) is 7. The van der Waals surface area contributed by atoms with Crippen LogP contribution in [0, 0.1) is 5.92 Å². The Balaban J connectivity index is 1.59. The van der Waals surface area contributed by atoms with Gasteiger partial charge in [0.1, 0.15) is 11.9 Å². The van der Waals surface area contributed by atoms with Gasteiger partial charge < -0.3 is 11.1 Å². The van der Waals surface area contributed by atoms with E-state index in [9.17, 15) is 14.4 Å². The molecule has 4 amide bonds. The Kier molecular flexibility index (Phi) is 6.54. The van der Waals surface area contributed by atoms with E-state index in [2.05, 4.69) is 20.5 Å². The number of nitrogens with zero attached hydrogens (tertiary/aromatic N) is 7. The predicted molar refractivity (Wildman–Crippen MR) is 128 cm³/mol. The van der Waals surface area contributed by atoms with Crippen LogP contribution in [0.25, 0.3) is 0 Å². The van der Waals surface area contributed by atoms with E-state index >= 15 is 0 Å². The highest BCUT2D eigenvalue weighted by molar-refractivity contribution is 6.12. The number of likely N-dealkylation sites (N-methyl/N-ethyl adjacent to an activating group) is 1. The molecule has 3 aromatic heterocycles. The van der Waals surface area contributed by atoms with Crippen molar-refractivity contribution in [2.45, 2.75) is 31.8 Å². The van der Waals surface area contributed by atoms with E-state index in [1.54, 1.807) is 73.4 Å². The molecule has 1 aliphatic heterocycles. The number of aromatic nitrogens is 5. The van der Waals surface area contributed by atoms with Gasteiger partial charge in [-0.05, 0) is 36.6 Å². The molecule has 0 radical (unpaired) electrons. The number of aryl methyl sites for hydroxylation is 2. The average molecular weight is 480 g/mol. The normalized spacial score (nSPS) is 18.2. The second-order valence-electron chi connectivity index (χ2n) is 8.62. The maximum absolute atomic E-state index is 13.5. The highest BCUT2D eigenvalue weighted by Crippen LogP contribution is 2.33. The molecule has 4 heterocycles. The number of hydrogen-bond donors (Lipinski definition) is 2. The van der Waals surface area contributed by atoms with Gasteiger partial charge in [-0.1, -0.05) is 6.92 Å². The summed E-state index contributed by atoms with van der Waals surface area (Å²) in [5.74, 6) is -0.823. The number of likely N-dealkylation sites (tertiary alicyclic amines) is 1. The van der Waals surface area contributed by atoms with Crippen LogP contribution < -0.4 is 16.0 Å². The van der Waals surface area contributed by atoms with Gasteiger partial charge in [0.2, 0.25) is 5.91 Å². The van der Waals surface area contributed by atoms with Crippen LogP contribution >= 0.6 is 0 Å². The lowest BCUT2D eigenvalue weighted by Crippen LogP contribution is -2.70. The van der Waals surface area contributed by atoms with Crippen molar-refractivity contribution in [3.8, 4) is 0 Å². The molecule has 35 heavy (non-hydrogen) atoms. The summed E-state index contributed by atoms with van der Waals surface area (Å²) in [6, 6.07) is 4.87. The Morgan fingerprint density at radius 2 is 1.89 bits per heavy atom. The molecule has 1 unspecified atom stereocenters. The number of anilines is 2. The first kappa shape index (κ1) is 23.9. The molecule has 12 heteroatoms. The van der Waals surface area contributed by atoms with Crippen LogP contribution in [0.3, 0.4) is 0 Å². The van der Waals surface area contributed by atoms with E-state index in [1.807, 2.05) is 6.92 Å². The van der Waals surface area contributed by atoms with Gasteiger partial charge in [-0.3, -0.25) is 28.8 Å². The number of nitrogens with two attached hydrogens (primary N) is 1. The van der Waals surface area contributed by atoms with Gasteiger partial charge in [0, 0.05) is 45.8 Å². The molecule has 184 valence electrons. The number of urea groups is 1. The fourth-order valence-electron chi connectivity index (χ4n) is 4.25. The van der Waals surface area contributed by atoms with E-state index < -0.39 is 35.8 Å². The molecule has 4 rings (SSSR count). The van der Waals surface area contributed by atoms with Crippen molar-refractivity contribution in [2.24, 2.45) is 20.0 Å². The molecular weight excluding hydrogens is 450 g/mol. The lowest BCUT2D eigenvalue weighted by molar-refractivity contribution is -0.156. The van der Waals surface area contributed by atoms with E-state index in [-0.39, 0.29) is 6.42 Å². The third-order valence-corrected chi connectivity index (χ3v) is 6.16. The van der Waals surface area contributed by atoms with Crippen LogP contribution in [-0.4, -0.2) is 60.4 Å². The molecule has 0 aliphatic carbocycles. The number of imide groups is 1. The Hall–Kier alpha value is -4.22. The van der Waals surface area contributed by atoms with Crippen LogP contribution in [0.2, 0.25) is 0 Å². The van der Waals surface area contributed by atoms with Crippen LogP contribution in [0.1, 0.15) is 30.6 Å². The molecule has 1 saturated heterocycles. The number of carbonyl (C=O) groups is 3. The van der Waals surface area contributed by atoms with Crippen molar-refractivity contribution < 1.29 is 14.4 Å². The Morgan fingerprint density at radius 1 is 1.17 bits per heavy atom. The van der Waals surface area contributed by atoms with Gasteiger partial charge in [0.25, 0.3) is 5.91 Å². The zero-order valence-electron chi connectivity index (χ0n) is 20.1. The van der Waals surface area contributed by atoms with Crippen LogP contribution in [0.4, 0.5) is 16.4 Å². The molecule has 3 N–H and O–H groups in total. The molecular formula is C23H29N9O3. The summed E-state index contributed by atoms with van der Waals surface area (Å²) < 4.78 is 3.22. The minimum atomic E-state index is -0.995. The first-order valence-corrected chi connectivity index (χ1v) is 11.3. The third-order valence-electron chi connectivity index (χ3n) is 6.16. The summed E-state index contributed by atoms with van der Waals surface area (Å²) in [6.07, 6.45) is 5.86. The minimum absolute atomic E-state index is 0.249. The average Bonchev–Trinajstić information content (AvgIpc) is 3.46. The number of β-lactam (4-membered cyclic amide) rings is 1. The molecule has 0 saturated carbocycles. The zero-order chi connectivity index (χ0) is 25.3. The number of nitrogen functional groups attached to an aromatic ring is 1. The van der Waals surface area contributed by atoms with Crippen LogP contribution in [-0.2, 0) is 30.1 Å². The third kappa shape index (κ3) is 4.72. The molecule has 0 aromatic carbocycles. The van der Waals surface area contributed by atoms with Crippen molar-refractivity contribution in [1.82, 2.24) is 34.8 Å². The zero-order valence-corrected chi connectivity index (χ0v) is 20.1. The molecule has 0 bridgehead atoms. The van der Waals surface area contributed by atoms with Crippen molar-refractivity contribution in [2.75, 3.05) is 17.7 Å². The molecule has 3 atom stereocenters. The Labute approximate surface area is 202 Å². The summed E-state index contributed by atoms with van der Waals surface area (Å²) in [5, 5.41) is 11.5. The van der Waals surface area contributed by atoms with E-state index in [1.165, 1.54) is 4.90 Å². The monoisotopic (exact) mass is 479 g/mol. The van der Waals surface area contributed by atoms with Gasteiger partial charge in [0.15, 0.2) is 5.82 Å². The van der Waals surface area contributed by atoms with Gasteiger partial charge >= 0.3 is 6.03 Å². The number of pyridine rings is 1. The summed E-state index contributed by atoms with van der Waals surface area (Å²) in [6.45, 7) is 1.91. The van der Waals surface area contributed by atoms with Crippen molar-refractivity contribution in [1.29, 1.82) is 0 Å². The second kappa shape index (κ2) is 9.57. The molecule has 1 fully saturated rings. The highest BCUT2D eigenvalue weighted by atomic mass is 16.2. The van der Waals surface area contributed by atoms with Gasteiger partial charge in [-0.2, -0.15) is 10.2 Å². The molecule has 1 aliphatic rings. The van der Waals surface area contributed by atoms with Crippen molar-refractivity contribution in [3.05, 3.63) is 54.1 Å². The maximum atomic E-state index is 13.5. The summed E-state index contributed by atoms with van der Waals surface area (Å²) in [4.78, 5) is 46.3. The number of amides is 4.